The summed E-state index contributed by atoms with van der Waals surface area (Å²) in [6.45, 7) is 11.8. The molecule has 0 aliphatic carbocycles. The highest BCUT2D eigenvalue weighted by molar-refractivity contribution is 4.71. The third kappa shape index (κ3) is 15.7. The lowest BCUT2D eigenvalue weighted by molar-refractivity contribution is -0.230. The minimum atomic E-state index is -0.506. The van der Waals surface area contributed by atoms with Gasteiger partial charge in [0.25, 0.3) is 0 Å². The molecule has 0 radical (unpaired) electrons. The van der Waals surface area contributed by atoms with Crippen LogP contribution in [0.25, 0.3) is 0 Å². The fraction of sp³-hybridized carbons (Fsp3) is 1.00. The first-order valence-electron chi connectivity index (χ1n) is 11.4. The maximum Gasteiger partial charge on any atom is 0.181 e. The largest absolute Gasteiger partial charge is 0.394 e. The van der Waals surface area contributed by atoms with Crippen molar-refractivity contribution < 1.29 is 28.8 Å². The first kappa shape index (κ1) is 27.8. The monoisotopic (exact) mass is 406 g/mol. The zero-order chi connectivity index (χ0) is 20.9. The van der Waals surface area contributed by atoms with Crippen LogP contribution in [-0.4, -0.2) is 69.9 Å². The van der Waals surface area contributed by atoms with Gasteiger partial charge in [0.1, 0.15) is 12.2 Å². The number of unbranched alkanes of at least 4 members (excludes halogenated alkanes) is 4. The van der Waals surface area contributed by atoms with Crippen LogP contribution < -0.4 is 0 Å². The Bertz CT molecular complexity index is 303. The summed E-state index contributed by atoms with van der Waals surface area (Å²) < 4.78 is 29.4. The summed E-state index contributed by atoms with van der Waals surface area (Å²) in [4.78, 5) is 0. The van der Waals surface area contributed by atoms with Crippen LogP contribution in [0.3, 0.4) is 0 Å². The fourth-order valence-corrected chi connectivity index (χ4v) is 2.44. The number of ether oxygens (including phenoxy) is 5. The molecule has 0 rings (SSSR count). The molecule has 0 saturated heterocycles. The lowest BCUT2D eigenvalue weighted by Gasteiger charge is -2.30. The van der Waals surface area contributed by atoms with Gasteiger partial charge in [-0.25, -0.2) is 0 Å². The summed E-state index contributed by atoms with van der Waals surface area (Å²) in [5.41, 5.74) is 0. The van der Waals surface area contributed by atoms with Gasteiger partial charge in [-0.05, 0) is 25.7 Å². The first-order chi connectivity index (χ1) is 13.7. The zero-order valence-corrected chi connectivity index (χ0v) is 18.8. The number of aliphatic hydroxyl groups excluding tert-OH is 1. The van der Waals surface area contributed by atoms with Crippen molar-refractivity contribution in [3.05, 3.63) is 0 Å². The SMILES string of the molecule is CCCCOC[C@H](OCCCC)OC(CO)[C@H](COCCCC)OCCCC. The zero-order valence-electron chi connectivity index (χ0n) is 18.8. The van der Waals surface area contributed by atoms with E-state index >= 15 is 0 Å². The summed E-state index contributed by atoms with van der Waals surface area (Å²) in [5, 5.41) is 9.93. The van der Waals surface area contributed by atoms with Crippen molar-refractivity contribution in [2.24, 2.45) is 0 Å². The molecule has 0 heterocycles. The summed E-state index contributed by atoms with van der Waals surface area (Å²) in [6.07, 6.45) is 6.93. The van der Waals surface area contributed by atoms with E-state index in [0.29, 0.717) is 39.6 Å². The van der Waals surface area contributed by atoms with Gasteiger partial charge in [0.05, 0.1) is 19.8 Å². The molecule has 6 nitrogen and oxygen atoms in total. The summed E-state index contributed by atoms with van der Waals surface area (Å²) in [7, 11) is 0. The van der Waals surface area contributed by atoms with E-state index in [1.165, 1.54) is 0 Å². The van der Waals surface area contributed by atoms with Crippen molar-refractivity contribution in [2.45, 2.75) is 97.6 Å². The number of hydrogen-bond donors (Lipinski definition) is 1. The molecule has 1 N–H and O–H groups in total. The molecule has 170 valence electrons. The third-order valence-corrected chi connectivity index (χ3v) is 4.37. The van der Waals surface area contributed by atoms with Gasteiger partial charge in [0.15, 0.2) is 6.29 Å². The molecule has 3 atom stereocenters. The van der Waals surface area contributed by atoms with Gasteiger partial charge in [-0.3, -0.25) is 0 Å². The highest BCUT2D eigenvalue weighted by atomic mass is 16.7. The molecule has 0 spiro atoms. The van der Waals surface area contributed by atoms with Gasteiger partial charge in [-0.15, -0.1) is 0 Å². The van der Waals surface area contributed by atoms with E-state index in [-0.39, 0.29) is 12.7 Å². The van der Waals surface area contributed by atoms with Crippen LogP contribution in [-0.2, 0) is 23.7 Å². The quantitative estimate of drug-likeness (QED) is 0.213. The number of aliphatic hydroxyl groups is 1. The van der Waals surface area contributed by atoms with Crippen LogP contribution in [0, 0.1) is 0 Å². The molecule has 1 unspecified atom stereocenters. The van der Waals surface area contributed by atoms with Crippen LogP contribution in [0.4, 0.5) is 0 Å². The Morgan fingerprint density at radius 3 is 1.64 bits per heavy atom. The summed E-state index contributed by atoms with van der Waals surface area (Å²) >= 11 is 0. The Labute approximate surface area is 173 Å². The van der Waals surface area contributed by atoms with E-state index in [2.05, 4.69) is 27.7 Å². The Hall–Kier alpha value is -0.240. The summed E-state index contributed by atoms with van der Waals surface area (Å²) in [6, 6.07) is 0. The van der Waals surface area contributed by atoms with Crippen LogP contribution in [0.15, 0.2) is 0 Å². The van der Waals surface area contributed by atoms with Crippen molar-refractivity contribution in [3.63, 3.8) is 0 Å². The Morgan fingerprint density at radius 1 is 0.607 bits per heavy atom. The molecule has 0 saturated carbocycles. The molecule has 28 heavy (non-hydrogen) atoms. The Balaban J connectivity index is 4.72. The van der Waals surface area contributed by atoms with Crippen molar-refractivity contribution in [1.82, 2.24) is 0 Å². The van der Waals surface area contributed by atoms with Crippen molar-refractivity contribution >= 4 is 0 Å². The van der Waals surface area contributed by atoms with Gasteiger partial charge >= 0.3 is 0 Å². The fourth-order valence-electron chi connectivity index (χ4n) is 2.44. The highest BCUT2D eigenvalue weighted by Crippen LogP contribution is 2.12. The second-order valence-corrected chi connectivity index (χ2v) is 7.13. The molecule has 0 aromatic rings. The van der Waals surface area contributed by atoms with Crippen LogP contribution in [0.1, 0.15) is 79.1 Å². The third-order valence-electron chi connectivity index (χ3n) is 4.37. The van der Waals surface area contributed by atoms with E-state index in [4.69, 9.17) is 23.7 Å². The predicted octanol–water partition coefficient (Wildman–Crippen LogP) is 4.33. The molecule has 0 aliphatic heterocycles. The van der Waals surface area contributed by atoms with Crippen LogP contribution >= 0.6 is 0 Å². The minimum Gasteiger partial charge on any atom is -0.394 e. The van der Waals surface area contributed by atoms with Crippen molar-refractivity contribution in [3.8, 4) is 0 Å². The van der Waals surface area contributed by atoms with E-state index in [1.54, 1.807) is 0 Å². The molecule has 0 bridgehead atoms. The Kier molecular flexibility index (Phi) is 21.3. The molecular formula is C22H46O6. The summed E-state index contributed by atoms with van der Waals surface area (Å²) in [5.74, 6) is 0. The second kappa shape index (κ2) is 21.5. The maximum atomic E-state index is 9.93. The first-order valence-corrected chi connectivity index (χ1v) is 11.4. The van der Waals surface area contributed by atoms with Gasteiger partial charge in [-0.1, -0.05) is 53.4 Å². The highest BCUT2D eigenvalue weighted by Gasteiger charge is 2.27. The smallest absolute Gasteiger partial charge is 0.181 e. The van der Waals surface area contributed by atoms with Gasteiger partial charge in [0.2, 0.25) is 0 Å². The predicted molar refractivity (Wildman–Crippen MR) is 113 cm³/mol. The van der Waals surface area contributed by atoms with Gasteiger partial charge in [-0.2, -0.15) is 0 Å². The van der Waals surface area contributed by atoms with Crippen molar-refractivity contribution in [2.75, 3.05) is 46.2 Å². The standard InChI is InChI=1S/C22H46O6/c1-5-9-13-24-18-21(26-15-11-7-3)20(17-23)28-22(27-16-12-8-4)19-25-14-10-6-2/h20-23H,5-19H2,1-4H3/t20?,21-,22+/m0/s1. The van der Waals surface area contributed by atoms with E-state index < -0.39 is 12.4 Å². The van der Waals surface area contributed by atoms with Crippen molar-refractivity contribution in [1.29, 1.82) is 0 Å². The molecule has 6 heteroatoms. The average Bonchev–Trinajstić information content (AvgIpc) is 2.71. The topological polar surface area (TPSA) is 66.4 Å². The maximum absolute atomic E-state index is 9.93. The van der Waals surface area contributed by atoms with Crippen LogP contribution in [0.2, 0.25) is 0 Å². The minimum absolute atomic E-state index is 0.142. The van der Waals surface area contributed by atoms with E-state index in [0.717, 1.165) is 51.4 Å². The molecule has 0 fully saturated rings. The second-order valence-electron chi connectivity index (χ2n) is 7.13. The normalized spacial score (nSPS) is 14.9. The van der Waals surface area contributed by atoms with E-state index in [1.807, 2.05) is 0 Å². The number of rotatable bonds is 22. The lowest BCUT2D eigenvalue weighted by Crippen LogP contribution is -2.42. The van der Waals surface area contributed by atoms with E-state index in [9.17, 15) is 5.11 Å². The number of hydrogen-bond acceptors (Lipinski definition) is 6. The van der Waals surface area contributed by atoms with Crippen LogP contribution in [0.5, 0.6) is 0 Å². The van der Waals surface area contributed by atoms with Gasteiger partial charge < -0.3 is 28.8 Å². The van der Waals surface area contributed by atoms with Gasteiger partial charge in [0, 0.05) is 26.4 Å². The molecule has 0 aliphatic rings. The molecule has 0 amide bonds. The average molecular weight is 407 g/mol. The molecule has 0 aromatic heterocycles. The molecule has 0 aromatic carbocycles. The molecular weight excluding hydrogens is 360 g/mol. The lowest BCUT2D eigenvalue weighted by atomic mass is 10.2. The Morgan fingerprint density at radius 2 is 1.11 bits per heavy atom.